The van der Waals surface area contributed by atoms with E-state index in [1.54, 1.807) is 24.3 Å². The van der Waals surface area contributed by atoms with Crippen LogP contribution in [-0.2, 0) is 16.6 Å². The van der Waals surface area contributed by atoms with Crippen LogP contribution in [0.5, 0.6) is 5.75 Å². The van der Waals surface area contributed by atoms with Gasteiger partial charge in [0, 0.05) is 11.1 Å². The molecule has 0 amide bonds. The summed E-state index contributed by atoms with van der Waals surface area (Å²) in [5.74, 6) is 0.0780. The highest BCUT2D eigenvalue weighted by molar-refractivity contribution is 7.84. The molecule has 0 saturated heterocycles. The van der Waals surface area contributed by atoms with Crippen LogP contribution in [0.15, 0.2) is 44.4 Å². The summed E-state index contributed by atoms with van der Waals surface area (Å²) >= 11 is 5.75. The summed E-state index contributed by atoms with van der Waals surface area (Å²) in [4.78, 5) is 11.4. The Labute approximate surface area is 117 Å². The van der Waals surface area contributed by atoms with Gasteiger partial charge >= 0.3 is 5.63 Å². The molecule has 0 aliphatic heterocycles. The van der Waals surface area contributed by atoms with E-state index in [9.17, 15) is 14.1 Å². The first kappa shape index (κ1) is 13.8. The average Bonchev–Trinajstić information content (AvgIpc) is 2.30. The Hall–Kier alpha value is -1.59. The van der Waals surface area contributed by atoms with Gasteiger partial charge in [-0.15, -0.1) is 0 Å². The van der Waals surface area contributed by atoms with Gasteiger partial charge in [0.05, 0.1) is 16.6 Å². The fourth-order valence-corrected chi connectivity index (χ4v) is 2.88. The fraction of sp³-hybridized carbons (Fsp3) is 0.154. The lowest BCUT2D eigenvalue weighted by atomic mass is 10.2. The monoisotopic (exact) mass is 298 g/mol. The summed E-state index contributed by atoms with van der Waals surface area (Å²) in [6.45, 7) is 1.53. The van der Waals surface area contributed by atoms with Gasteiger partial charge in [0.2, 0.25) is 0 Å². The first-order chi connectivity index (χ1) is 8.97. The van der Waals surface area contributed by atoms with Crippen molar-refractivity contribution in [2.75, 3.05) is 0 Å². The molecule has 6 heteroatoms. The molecule has 2 aromatic rings. The molecule has 19 heavy (non-hydrogen) atoms. The van der Waals surface area contributed by atoms with Gasteiger partial charge in [0.15, 0.2) is 4.90 Å². The molecular formula is C13H11ClO4S. The molecule has 4 nitrogen and oxygen atoms in total. The van der Waals surface area contributed by atoms with Gasteiger partial charge in [0.1, 0.15) is 11.5 Å². The van der Waals surface area contributed by atoms with Crippen LogP contribution in [0.25, 0.3) is 0 Å². The summed E-state index contributed by atoms with van der Waals surface area (Å²) in [6.07, 6.45) is 0. The second-order valence-electron chi connectivity index (χ2n) is 3.98. The Morgan fingerprint density at radius 1 is 1.32 bits per heavy atom. The standard InChI is InChI=1S/C13H11ClO4S/c1-8-6-11(15)12(13(16)18-8)19(17)7-9-2-4-10(14)5-3-9/h2-6,15H,7H2,1H3. The minimum absolute atomic E-state index is 0.110. The lowest BCUT2D eigenvalue weighted by molar-refractivity contribution is 0.410. The van der Waals surface area contributed by atoms with Crippen LogP contribution in [0, 0.1) is 6.92 Å². The molecule has 2 rings (SSSR count). The first-order valence-electron chi connectivity index (χ1n) is 5.44. The maximum absolute atomic E-state index is 12.1. The maximum Gasteiger partial charge on any atom is 0.356 e. The van der Waals surface area contributed by atoms with Crippen molar-refractivity contribution in [3.8, 4) is 5.75 Å². The highest BCUT2D eigenvalue weighted by Gasteiger charge is 2.17. The van der Waals surface area contributed by atoms with E-state index in [0.717, 1.165) is 5.56 Å². The van der Waals surface area contributed by atoms with E-state index in [0.29, 0.717) is 5.02 Å². The molecule has 0 fully saturated rings. The van der Waals surface area contributed by atoms with Gasteiger partial charge in [-0.05, 0) is 24.6 Å². The van der Waals surface area contributed by atoms with Gasteiger partial charge in [0.25, 0.3) is 0 Å². The van der Waals surface area contributed by atoms with Crippen LogP contribution in [0.1, 0.15) is 11.3 Å². The van der Waals surface area contributed by atoms with E-state index >= 15 is 0 Å². The molecule has 1 N–H and O–H groups in total. The van der Waals surface area contributed by atoms with Crippen molar-refractivity contribution in [1.82, 2.24) is 0 Å². The molecule has 1 aromatic carbocycles. The first-order valence-corrected chi connectivity index (χ1v) is 7.13. The van der Waals surface area contributed by atoms with Crippen LogP contribution >= 0.6 is 11.6 Å². The second kappa shape index (κ2) is 5.59. The summed E-state index contributed by atoms with van der Waals surface area (Å²) in [7, 11) is -1.67. The van der Waals surface area contributed by atoms with E-state index in [1.807, 2.05) is 0 Å². The smallest absolute Gasteiger partial charge is 0.356 e. The number of aromatic hydroxyl groups is 1. The maximum atomic E-state index is 12.1. The van der Waals surface area contributed by atoms with Gasteiger partial charge < -0.3 is 9.52 Å². The third kappa shape index (κ3) is 3.24. The summed E-state index contributed by atoms with van der Waals surface area (Å²) in [5, 5.41) is 10.3. The number of benzene rings is 1. The molecule has 0 bridgehead atoms. The largest absolute Gasteiger partial charge is 0.506 e. The highest BCUT2D eigenvalue weighted by atomic mass is 35.5. The topological polar surface area (TPSA) is 67.5 Å². The molecule has 1 heterocycles. The molecule has 0 aliphatic rings. The van der Waals surface area contributed by atoms with Crippen molar-refractivity contribution in [2.45, 2.75) is 17.6 Å². The Morgan fingerprint density at radius 2 is 1.95 bits per heavy atom. The van der Waals surface area contributed by atoms with Gasteiger partial charge in [-0.2, -0.15) is 0 Å². The fourth-order valence-electron chi connectivity index (χ4n) is 1.60. The third-order valence-electron chi connectivity index (χ3n) is 2.45. The van der Waals surface area contributed by atoms with E-state index < -0.39 is 16.4 Å². The molecule has 0 spiro atoms. The van der Waals surface area contributed by atoms with Gasteiger partial charge in [-0.3, -0.25) is 4.21 Å². The quantitative estimate of drug-likeness (QED) is 0.946. The number of hydrogen-bond donors (Lipinski definition) is 1. The third-order valence-corrected chi connectivity index (χ3v) is 4.13. The molecule has 100 valence electrons. The van der Waals surface area contributed by atoms with E-state index in [4.69, 9.17) is 16.0 Å². The zero-order valence-electron chi connectivity index (χ0n) is 10.1. The summed E-state index contributed by atoms with van der Waals surface area (Å²) < 4.78 is 16.9. The van der Waals surface area contributed by atoms with Crippen molar-refractivity contribution < 1.29 is 13.7 Å². The number of rotatable bonds is 3. The Kier molecular flexibility index (Phi) is 4.07. The van der Waals surface area contributed by atoms with Crippen LogP contribution < -0.4 is 5.63 Å². The number of hydrogen-bond acceptors (Lipinski definition) is 4. The molecule has 1 aromatic heterocycles. The van der Waals surface area contributed by atoms with Gasteiger partial charge in [-0.25, -0.2) is 4.79 Å². The Balaban J connectivity index is 2.30. The Morgan fingerprint density at radius 3 is 2.53 bits per heavy atom. The van der Waals surface area contributed by atoms with Crippen LogP contribution in [0.4, 0.5) is 0 Å². The van der Waals surface area contributed by atoms with Crippen LogP contribution in [0.2, 0.25) is 5.02 Å². The highest BCUT2D eigenvalue weighted by Crippen LogP contribution is 2.21. The van der Waals surface area contributed by atoms with Crippen LogP contribution in [-0.4, -0.2) is 9.32 Å². The van der Waals surface area contributed by atoms with E-state index in [-0.39, 0.29) is 22.2 Å². The number of halogens is 1. The average molecular weight is 299 g/mol. The molecule has 0 radical (unpaired) electrons. The molecule has 1 atom stereocenters. The molecular weight excluding hydrogens is 288 g/mol. The molecule has 1 unspecified atom stereocenters. The van der Waals surface area contributed by atoms with E-state index in [1.165, 1.54) is 13.0 Å². The predicted molar refractivity (Wildman–Crippen MR) is 72.9 cm³/mol. The second-order valence-corrected chi connectivity index (χ2v) is 5.80. The predicted octanol–water partition coefficient (Wildman–Crippen LogP) is 2.62. The lowest BCUT2D eigenvalue weighted by Gasteiger charge is -2.04. The zero-order chi connectivity index (χ0) is 14.0. The lowest BCUT2D eigenvalue weighted by Crippen LogP contribution is -2.11. The van der Waals surface area contributed by atoms with Crippen molar-refractivity contribution >= 4 is 22.4 Å². The van der Waals surface area contributed by atoms with Crippen molar-refractivity contribution in [2.24, 2.45) is 0 Å². The Bertz CT molecular complexity index is 676. The van der Waals surface area contributed by atoms with Gasteiger partial charge in [-0.1, -0.05) is 23.7 Å². The SMILES string of the molecule is Cc1cc(O)c(S(=O)Cc2ccc(Cl)cc2)c(=O)o1. The van der Waals surface area contributed by atoms with Crippen molar-refractivity contribution in [1.29, 1.82) is 0 Å². The summed E-state index contributed by atoms with van der Waals surface area (Å²) in [6, 6.07) is 8.05. The summed E-state index contributed by atoms with van der Waals surface area (Å²) in [5.41, 5.74) is -0.0214. The van der Waals surface area contributed by atoms with Crippen molar-refractivity contribution in [3.05, 3.63) is 57.1 Å². The molecule has 0 saturated carbocycles. The zero-order valence-corrected chi connectivity index (χ0v) is 11.6. The number of aryl methyl sites for hydroxylation is 1. The normalized spacial score (nSPS) is 12.3. The van der Waals surface area contributed by atoms with E-state index in [2.05, 4.69) is 0 Å². The van der Waals surface area contributed by atoms with Crippen molar-refractivity contribution in [3.63, 3.8) is 0 Å². The molecule has 0 aliphatic carbocycles. The minimum Gasteiger partial charge on any atom is -0.506 e. The minimum atomic E-state index is -1.67. The van der Waals surface area contributed by atoms with Crippen LogP contribution in [0.3, 0.4) is 0 Å².